The summed E-state index contributed by atoms with van der Waals surface area (Å²) in [6, 6.07) is 8.13. The molecular weight excluding hydrogens is 429 g/mol. The third-order valence-corrected chi connectivity index (χ3v) is 5.11. The average molecular weight is 444 g/mol. The van der Waals surface area contributed by atoms with Crippen molar-refractivity contribution in [3.8, 4) is 5.75 Å². The lowest BCUT2D eigenvalue weighted by atomic mass is 10.1. The van der Waals surface area contributed by atoms with E-state index in [2.05, 4.69) is 15.0 Å². The zero-order valence-corrected chi connectivity index (χ0v) is 16.5. The molecule has 0 atom stereocenters. The van der Waals surface area contributed by atoms with Crippen molar-refractivity contribution >= 4 is 44.0 Å². The van der Waals surface area contributed by atoms with Gasteiger partial charge in [-0.1, -0.05) is 18.3 Å². The number of nitrogens with two attached hydrogens (primary N) is 1. The molecule has 0 saturated carbocycles. The summed E-state index contributed by atoms with van der Waals surface area (Å²) in [7, 11) is -2.33. The number of primary sulfonamides is 1. The summed E-state index contributed by atoms with van der Waals surface area (Å²) in [4.78, 5) is 4.02. The van der Waals surface area contributed by atoms with E-state index in [0.717, 1.165) is 23.7 Å². The van der Waals surface area contributed by atoms with E-state index in [1.807, 2.05) is 0 Å². The normalized spacial score (nSPS) is 12.2. The Bertz CT molecular complexity index is 1190. The predicted molar refractivity (Wildman–Crippen MR) is 105 cm³/mol. The predicted octanol–water partition coefficient (Wildman–Crippen LogP) is 3.10. The Balaban J connectivity index is 1.92. The van der Waals surface area contributed by atoms with Gasteiger partial charge in [0.25, 0.3) is 0 Å². The van der Waals surface area contributed by atoms with Gasteiger partial charge in [-0.25, -0.2) is 18.5 Å². The lowest BCUT2D eigenvalue weighted by molar-refractivity contribution is -0.274. The van der Waals surface area contributed by atoms with Crippen LogP contribution in [0.4, 0.5) is 18.9 Å². The highest BCUT2D eigenvalue weighted by atomic mass is 32.2. The number of imidazole rings is 1. The number of hydrogen-bond acceptors (Lipinski definition) is 5. The van der Waals surface area contributed by atoms with Crippen LogP contribution in [0.5, 0.6) is 5.75 Å². The molecular formula is C17H15F3N4O3S2. The van der Waals surface area contributed by atoms with Crippen molar-refractivity contribution in [2.75, 3.05) is 5.32 Å². The van der Waals surface area contributed by atoms with Gasteiger partial charge >= 0.3 is 6.36 Å². The molecule has 2 aromatic carbocycles. The van der Waals surface area contributed by atoms with Crippen LogP contribution in [0.15, 0.2) is 47.6 Å². The van der Waals surface area contributed by atoms with Crippen LogP contribution in [0.1, 0.15) is 5.56 Å². The standard InChI is InChI=1S/C17H15F3N4O3S2/c1-24-9-22-12-3-2-4-13(16(12)24)23-15(28)8-10-7-11(29(21,25)26)5-6-14(10)27-17(18,19)20/h2-7,9H,8H2,1H3,(H,23,28)(H2,21,25,26). The van der Waals surface area contributed by atoms with Crippen LogP contribution in [-0.2, 0) is 23.5 Å². The fraction of sp³-hybridized carbons (Fsp3) is 0.176. The number of anilines is 1. The molecule has 3 N–H and O–H groups in total. The fourth-order valence-electron chi connectivity index (χ4n) is 2.78. The number of ether oxygens (including phenoxy) is 1. The highest BCUT2D eigenvalue weighted by Crippen LogP contribution is 2.29. The summed E-state index contributed by atoms with van der Waals surface area (Å²) in [5.41, 5.74) is 1.98. The number of sulfonamides is 1. The van der Waals surface area contributed by atoms with Crippen LogP contribution in [-0.4, -0.2) is 29.3 Å². The van der Waals surface area contributed by atoms with E-state index >= 15 is 0 Å². The number of benzene rings is 2. The zero-order valence-electron chi connectivity index (χ0n) is 14.9. The van der Waals surface area contributed by atoms with Crippen molar-refractivity contribution in [1.29, 1.82) is 0 Å². The number of para-hydroxylation sites is 1. The maximum atomic E-state index is 12.7. The smallest absolute Gasteiger partial charge is 0.405 e. The molecule has 29 heavy (non-hydrogen) atoms. The molecule has 1 aromatic heterocycles. The number of aromatic nitrogens is 2. The van der Waals surface area contributed by atoms with Crippen molar-refractivity contribution in [2.24, 2.45) is 12.2 Å². The number of hydrogen-bond donors (Lipinski definition) is 2. The van der Waals surface area contributed by atoms with E-state index < -0.39 is 22.1 Å². The Morgan fingerprint density at radius 3 is 2.69 bits per heavy atom. The fourth-order valence-corrected chi connectivity index (χ4v) is 3.61. The molecule has 3 rings (SSSR count). The molecule has 0 unspecified atom stereocenters. The summed E-state index contributed by atoms with van der Waals surface area (Å²) in [5.74, 6) is -0.562. The van der Waals surface area contributed by atoms with E-state index in [0.29, 0.717) is 11.2 Å². The maximum absolute atomic E-state index is 12.7. The van der Waals surface area contributed by atoms with Gasteiger partial charge in [0.05, 0.1) is 32.9 Å². The number of fused-ring (bicyclic) bond motifs is 1. The van der Waals surface area contributed by atoms with E-state index in [9.17, 15) is 21.6 Å². The molecule has 0 saturated heterocycles. The number of alkyl halides is 3. The van der Waals surface area contributed by atoms with Gasteiger partial charge in [0.2, 0.25) is 10.0 Å². The Labute approximate surface area is 169 Å². The van der Waals surface area contributed by atoms with Crippen LogP contribution >= 0.6 is 12.2 Å². The Morgan fingerprint density at radius 2 is 2.03 bits per heavy atom. The second-order valence-corrected chi connectivity index (χ2v) is 8.17. The SMILES string of the molecule is Cn1cnc2cccc(NC(=S)Cc3cc(S(N)(=O)=O)ccc3OC(F)(F)F)c21. The quantitative estimate of drug-likeness (QED) is 0.587. The molecule has 3 aromatic rings. The molecule has 1 heterocycles. The Kier molecular flexibility index (Phi) is 5.52. The molecule has 0 amide bonds. The number of aryl methyl sites for hydroxylation is 1. The highest BCUT2D eigenvalue weighted by molar-refractivity contribution is 7.89. The minimum absolute atomic E-state index is 0.0801. The molecule has 0 fully saturated rings. The number of thiocarbonyl (C=S) groups is 1. The largest absolute Gasteiger partial charge is 0.573 e. The molecule has 0 radical (unpaired) electrons. The Morgan fingerprint density at radius 1 is 1.31 bits per heavy atom. The Hall–Kier alpha value is -2.70. The number of halogens is 3. The maximum Gasteiger partial charge on any atom is 0.573 e. The molecule has 154 valence electrons. The molecule has 0 aliphatic carbocycles. The molecule has 0 aliphatic rings. The van der Waals surface area contributed by atoms with Crippen molar-refractivity contribution in [3.63, 3.8) is 0 Å². The lowest BCUT2D eigenvalue weighted by Gasteiger charge is -2.16. The average Bonchev–Trinajstić information content (AvgIpc) is 2.96. The third-order valence-electron chi connectivity index (χ3n) is 3.95. The first-order valence-corrected chi connectivity index (χ1v) is 10.0. The minimum Gasteiger partial charge on any atom is -0.405 e. The first-order valence-electron chi connectivity index (χ1n) is 8.05. The van der Waals surface area contributed by atoms with Gasteiger partial charge in [0.1, 0.15) is 5.75 Å². The van der Waals surface area contributed by atoms with Crippen molar-refractivity contribution in [1.82, 2.24) is 9.55 Å². The molecule has 12 heteroatoms. The zero-order chi connectivity index (χ0) is 21.4. The summed E-state index contributed by atoms with van der Waals surface area (Å²) in [6.07, 6.45) is -3.55. The van der Waals surface area contributed by atoms with Crippen LogP contribution in [0, 0.1) is 0 Å². The van der Waals surface area contributed by atoms with Crippen molar-refractivity contribution in [3.05, 3.63) is 48.3 Å². The van der Waals surface area contributed by atoms with Gasteiger partial charge in [-0.2, -0.15) is 0 Å². The summed E-state index contributed by atoms with van der Waals surface area (Å²) >= 11 is 5.28. The third kappa shape index (κ3) is 5.02. The van der Waals surface area contributed by atoms with Crippen molar-refractivity contribution in [2.45, 2.75) is 17.7 Å². The molecule has 0 spiro atoms. The van der Waals surface area contributed by atoms with Crippen molar-refractivity contribution < 1.29 is 26.3 Å². The summed E-state index contributed by atoms with van der Waals surface area (Å²) in [6.45, 7) is 0. The van der Waals surface area contributed by atoms with E-state index in [4.69, 9.17) is 17.4 Å². The van der Waals surface area contributed by atoms with Gasteiger partial charge in [-0.3, -0.25) is 0 Å². The topological polar surface area (TPSA) is 99.2 Å². The van der Waals surface area contributed by atoms with Gasteiger partial charge in [0.15, 0.2) is 0 Å². The van der Waals surface area contributed by atoms with Crippen LogP contribution in [0.25, 0.3) is 11.0 Å². The number of nitrogens with zero attached hydrogens (tertiary/aromatic N) is 2. The second-order valence-electron chi connectivity index (χ2n) is 6.12. The van der Waals surface area contributed by atoms with Gasteiger partial charge < -0.3 is 14.6 Å². The van der Waals surface area contributed by atoms with Gasteiger partial charge in [0, 0.05) is 19.0 Å². The monoisotopic (exact) mass is 444 g/mol. The van der Waals surface area contributed by atoms with Gasteiger partial charge in [-0.05, 0) is 30.3 Å². The highest BCUT2D eigenvalue weighted by Gasteiger charge is 2.32. The van der Waals surface area contributed by atoms with Gasteiger partial charge in [-0.15, -0.1) is 13.2 Å². The minimum atomic E-state index is -4.95. The number of rotatable bonds is 5. The molecule has 0 bridgehead atoms. The van der Waals surface area contributed by atoms with E-state index in [1.54, 1.807) is 36.1 Å². The van der Waals surface area contributed by atoms with Crippen LogP contribution < -0.4 is 15.2 Å². The second kappa shape index (κ2) is 7.61. The first-order chi connectivity index (χ1) is 13.4. The summed E-state index contributed by atoms with van der Waals surface area (Å²) in [5, 5.41) is 8.04. The van der Waals surface area contributed by atoms with E-state index in [-0.39, 0.29) is 21.9 Å². The molecule has 0 aliphatic heterocycles. The first kappa shape index (κ1) is 21.0. The number of nitrogens with one attached hydrogen (secondary N) is 1. The van der Waals surface area contributed by atoms with E-state index in [1.165, 1.54) is 0 Å². The summed E-state index contributed by atoms with van der Waals surface area (Å²) < 4.78 is 67.0. The molecule has 7 nitrogen and oxygen atoms in total. The van der Waals surface area contributed by atoms with Crippen LogP contribution in [0.3, 0.4) is 0 Å². The van der Waals surface area contributed by atoms with Crippen LogP contribution in [0.2, 0.25) is 0 Å². The lowest BCUT2D eigenvalue weighted by Crippen LogP contribution is -2.20.